The van der Waals surface area contributed by atoms with Gasteiger partial charge in [-0.05, 0) is 29.8 Å². The van der Waals surface area contributed by atoms with Gasteiger partial charge in [0.25, 0.3) is 0 Å². The second-order valence-electron chi connectivity index (χ2n) is 6.88. The summed E-state index contributed by atoms with van der Waals surface area (Å²) in [5.41, 5.74) is 1.97. The third-order valence-electron chi connectivity index (χ3n) is 4.46. The standard InChI is InChI=1S/C15H23ClO2Si/c1-15(2,3)19(4,5)18-12-9-10-7-6-8-11(16)13(10)14(12)17/h6-8,12,14,17H,9H2,1-5H3/t12?,14-/m1/s1. The van der Waals surface area contributed by atoms with Crippen molar-refractivity contribution in [3.63, 3.8) is 0 Å². The monoisotopic (exact) mass is 298 g/mol. The van der Waals surface area contributed by atoms with Crippen molar-refractivity contribution in [2.45, 2.75) is 57.5 Å². The molecule has 0 radical (unpaired) electrons. The topological polar surface area (TPSA) is 29.5 Å². The Morgan fingerprint density at radius 1 is 1.32 bits per heavy atom. The van der Waals surface area contributed by atoms with Crippen LogP contribution in [0.5, 0.6) is 0 Å². The fourth-order valence-corrected chi connectivity index (χ4v) is 3.90. The first-order valence-electron chi connectivity index (χ1n) is 6.76. The van der Waals surface area contributed by atoms with Gasteiger partial charge in [-0.25, -0.2) is 0 Å². The van der Waals surface area contributed by atoms with Crippen LogP contribution in [0.2, 0.25) is 23.2 Å². The van der Waals surface area contributed by atoms with Gasteiger partial charge in [-0.15, -0.1) is 0 Å². The lowest BCUT2D eigenvalue weighted by atomic mass is 10.1. The van der Waals surface area contributed by atoms with Crippen LogP contribution in [0.4, 0.5) is 0 Å². The molecule has 0 aliphatic heterocycles. The lowest BCUT2D eigenvalue weighted by Gasteiger charge is -2.39. The number of fused-ring (bicyclic) bond motifs is 1. The maximum Gasteiger partial charge on any atom is 0.192 e. The zero-order valence-electron chi connectivity index (χ0n) is 12.3. The Kier molecular flexibility index (Phi) is 3.87. The lowest BCUT2D eigenvalue weighted by molar-refractivity contribution is 0.0403. The molecule has 1 aliphatic carbocycles. The van der Waals surface area contributed by atoms with E-state index < -0.39 is 14.4 Å². The van der Waals surface area contributed by atoms with Crippen molar-refractivity contribution in [2.75, 3.05) is 0 Å². The SMILES string of the molecule is CC(C)(C)[Si](C)(C)OC1Cc2cccc(Cl)c2[C@@H]1O. The van der Waals surface area contributed by atoms with Gasteiger partial charge < -0.3 is 9.53 Å². The van der Waals surface area contributed by atoms with Crippen LogP contribution in [0.25, 0.3) is 0 Å². The lowest BCUT2D eigenvalue weighted by Crippen LogP contribution is -2.45. The maximum absolute atomic E-state index is 10.5. The molecule has 0 heterocycles. The van der Waals surface area contributed by atoms with Crippen LogP contribution in [0, 0.1) is 0 Å². The normalized spacial score (nSPS) is 23.5. The molecule has 0 spiro atoms. The third-order valence-corrected chi connectivity index (χ3v) is 9.30. The summed E-state index contributed by atoms with van der Waals surface area (Å²) in [6.45, 7) is 11.1. The molecule has 2 rings (SSSR count). The zero-order chi connectivity index (χ0) is 14.4. The van der Waals surface area contributed by atoms with Gasteiger partial charge in [0, 0.05) is 17.0 Å². The Hall–Kier alpha value is -0.353. The van der Waals surface area contributed by atoms with Crippen LogP contribution in [0.15, 0.2) is 18.2 Å². The minimum absolute atomic E-state index is 0.144. The summed E-state index contributed by atoms with van der Waals surface area (Å²) in [5, 5.41) is 11.3. The molecule has 106 valence electrons. The van der Waals surface area contributed by atoms with E-state index in [-0.39, 0.29) is 11.1 Å². The van der Waals surface area contributed by atoms with E-state index in [0.717, 1.165) is 17.5 Å². The molecule has 19 heavy (non-hydrogen) atoms. The first-order valence-corrected chi connectivity index (χ1v) is 10.1. The molecule has 1 aromatic rings. The summed E-state index contributed by atoms with van der Waals surface area (Å²) in [5.74, 6) is 0. The molecule has 1 unspecified atom stereocenters. The van der Waals surface area contributed by atoms with Crippen LogP contribution in [0.1, 0.15) is 38.0 Å². The first-order chi connectivity index (χ1) is 8.63. The predicted octanol–water partition coefficient (Wildman–Crippen LogP) is 4.32. The van der Waals surface area contributed by atoms with Gasteiger partial charge in [0.2, 0.25) is 0 Å². The van der Waals surface area contributed by atoms with Gasteiger partial charge in [-0.1, -0.05) is 44.5 Å². The molecule has 0 bridgehead atoms. The van der Waals surface area contributed by atoms with Crippen LogP contribution < -0.4 is 0 Å². The Morgan fingerprint density at radius 2 is 1.95 bits per heavy atom. The molecule has 0 saturated carbocycles. The second kappa shape index (κ2) is 4.88. The van der Waals surface area contributed by atoms with Crippen molar-refractivity contribution in [1.82, 2.24) is 0 Å². The summed E-state index contributed by atoms with van der Waals surface area (Å²) in [7, 11) is -1.87. The predicted molar refractivity (Wildman–Crippen MR) is 82.2 cm³/mol. The number of benzene rings is 1. The summed E-state index contributed by atoms with van der Waals surface area (Å²) >= 11 is 6.19. The molecule has 0 amide bonds. The molecular formula is C15H23ClO2Si. The molecule has 1 N–H and O–H groups in total. The van der Waals surface area contributed by atoms with Crippen LogP contribution in [0.3, 0.4) is 0 Å². The first kappa shape index (κ1) is 15.0. The van der Waals surface area contributed by atoms with E-state index in [1.807, 2.05) is 18.2 Å². The zero-order valence-corrected chi connectivity index (χ0v) is 14.1. The Balaban J connectivity index is 2.22. The van der Waals surface area contributed by atoms with Crippen molar-refractivity contribution in [2.24, 2.45) is 0 Å². The number of rotatable bonds is 2. The summed E-state index contributed by atoms with van der Waals surface area (Å²) in [4.78, 5) is 0. The second-order valence-corrected chi connectivity index (χ2v) is 12.0. The van der Waals surface area contributed by atoms with Crippen molar-refractivity contribution >= 4 is 19.9 Å². The van der Waals surface area contributed by atoms with Crippen molar-refractivity contribution in [3.05, 3.63) is 34.3 Å². The highest BCUT2D eigenvalue weighted by molar-refractivity contribution is 6.74. The van der Waals surface area contributed by atoms with E-state index in [1.54, 1.807) is 0 Å². The quantitative estimate of drug-likeness (QED) is 0.824. The number of aliphatic hydroxyl groups is 1. The van der Waals surface area contributed by atoms with Crippen molar-refractivity contribution in [3.8, 4) is 0 Å². The van der Waals surface area contributed by atoms with Gasteiger partial charge in [0.15, 0.2) is 8.32 Å². The molecular weight excluding hydrogens is 276 g/mol. The molecule has 0 saturated heterocycles. The molecule has 2 atom stereocenters. The van der Waals surface area contributed by atoms with E-state index in [9.17, 15) is 5.11 Å². The summed E-state index contributed by atoms with van der Waals surface area (Å²) in [6, 6.07) is 5.79. The molecule has 4 heteroatoms. The smallest absolute Gasteiger partial charge is 0.192 e. The van der Waals surface area contributed by atoms with Gasteiger partial charge >= 0.3 is 0 Å². The minimum atomic E-state index is -1.87. The molecule has 0 aromatic heterocycles. The fraction of sp³-hybridized carbons (Fsp3) is 0.600. The summed E-state index contributed by atoms with van der Waals surface area (Å²) < 4.78 is 6.34. The highest BCUT2D eigenvalue weighted by atomic mass is 35.5. The van der Waals surface area contributed by atoms with Crippen molar-refractivity contribution in [1.29, 1.82) is 0 Å². The molecule has 1 aliphatic rings. The maximum atomic E-state index is 10.5. The van der Waals surface area contributed by atoms with E-state index >= 15 is 0 Å². The van der Waals surface area contributed by atoms with Gasteiger partial charge in [0.1, 0.15) is 6.10 Å². The van der Waals surface area contributed by atoms with Crippen LogP contribution >= 0.6 is 11.6 Å². The molecule has 0 fully saturated rings. The average molecular weight is 299 g/mol. The highest BCUT2D eigenvalue weighted by Crippen LogP contribution is 2.43. The van der Waals surface area contributed by atoms with Crippen molar-refractivity contribution < 1.29 is 9.53 Å². The largest absolute Gasteiger partial charge is 0.411 e. The van der Waals surface area contributed by atoms with Crippen LogP contribution in [-0.2, 0) is 10.8 Å². The van der Waals surface area contributed by atoms with E-state index in [1.165, 1.54) is 0 Å². The number of hydrogen-bond acceptors (Lipinski definition) is 2. The summed E-state index contributed by atoms with van der Waals surface area (Å²) in [6.07, 6.45) is -0.00237. The highest BCUT2D eigenvalue weighted by Gasteiger charge is 2.43. The fourth-order valence-electron chi connectivity index (χ4n) is 2.27. The van der Waals surface area contributed by atoms with E-state index in [4.69, 9.17) is 16.0 Å². The minimum Gasteiger partial charge on any atom is -0.411 e. The Labute approximate surface area is 121 Å². The van der Waals surface area contributed by atoms with E-state index in [2.05, 4.69) is 33.9 Å². The van der Waals surface area contributed by atoms with Gasteiger partial charge in [0.05, 0.1) is 6.10 Å². The number of halogens is 1. The third kappa shape index (κ3) is 2.75. The van der Waals surface area contributed by atoms with Gasteiger partial charge in [-0.2, -0.15) is 0 Å². The molecule has 1 aromatic carbocycles. The average Bonchev–Trinajstić information content (AvgIpc) is 2.55. The van der Waals surface area contributed by atoms with Gasteiger partial charge in [-0.3, -0.25) is 0 Å². The number of hydrogen-bond donors (Lipinski definition) is 1. The Morgan fingerprint density at radius 3 is 2.47 bits per heavy atom. The number of aliphatic hydroxyl groups excluding tert-OH is 1. The van der Waals surface area contributed by atoms with E-state index in [0.29, 0.717) is 5.02 Å². The Bertz CT molecular complexity index is 480. The van der Waals surface area contributed by atoms with Crippen LogP contribution in [-0.4, -0.2) is 19.5 Å². The molecule has 2 nitrogen and oxygen atoms in total.